The second kappa shape index (κ2) is 5.23. The smallest absolute Gasteiger partial charge is 0.185 e. The van der Waals surface area contributed by atoms with Crippen LogP contribution in [0.2, 0.25) is 0 Å². The van der Waals surface area contributed by atoms with E-state index in [0.29, 0.717) is 0 Å². The first kappa shape index (κ1) is 11.9. The number of rotatable bonds is 4. The zero-order valence-corrected chi connectivity index (χ0v) is 10.8. The van der Waals surface area contributed by atoms with Crippen LogP contribution >= 0.6 is 0 Å². The molecule has 0 heterocycles. The van der Waals surface area contributed by atoms with Crippen LogP contribution in [0.4, 0.5) is 0 Å². The van der Waals surface area contributed by atoms with E-state index in [1.807, 2.05) is 48.5 Å². The van der Waals surface area contributed by atoms with E-state index in [-0.39, 0.29) is 5.78 Å². The molecule has 0 bridgehead atoms. The highest BCUT2D eigenvalue weighted by atomic mass is 16.1. The quantitative estimate of drug-likeness (QED) is 0.576. The van der Waals surface area contributed by atoms with Gasteiger partial charge in [0.15, 0.2) is 5.78 Å². The van der Waals surface area contributed by atoms with Crippen LogP contribution in [0.3, 0.4) is 0 Å². The minimum atomic E-state index is 0.0613. The fourth-order valence-electron chi connectivity index (χ4n) is 2.17. The van der Waals surface area contributed by atoms with Crippen LogP contribution in [0.1, 0.15) is 40.2 Å². The van der Waals surface area contributed by atoms with Gasteiger partial charge in [-0.15, -0.1) is 0 Å². The van der Waals surface area contributed by atoms with E-state index in [1.165, 1.54) is 18.4 Å². The first-order chi connectivity index (χ1) is 9.33. The highest BCUT2D eigenvalue weighted by molar-refractivity contribution is 6.06. The van der Waals surface area contributed by atoms with E-state index in [0.717, 1.165) is 17.0 Å². The Morgan fingerprint density at radius 1 is 0.947 bits per heavy atom. The molecule has 2 aromatic rings. The zero-order chi connectivity index (χ0) is 13.1. The number of carbonyl (C=O) groups excluding carboxylic acids is 1. The highest BCUT2D eigenvalue weighted by Crippen LogP contribution is 2.39. The average Bonchev–Trinajstić information content (AvgIpc) is 3.31. The first-order valence-corrected chi connectivity index (χ1v) is 6.70. The third-order valence-corrected chi connectivity index (χ3v) is 3.47. The monoisotopic (exact) mass is 248 g/mol. The molecule has 0 amide bonds. The Balaban J connectivity index is 1.71. The van der Waals surface area contributed by atoms with Gasteiger partial charge in [0.1, 0.15) is 0 Å². The lowest BCUT2D eigenvalue weighted by atomic mass is 10.0. The van der Waals surface area contributed by atoms with Gasteiger partial charge in [0.2, 0.25) is 0 Å². The summed E-state index contributed by atoms with van der Waals surface area (Å²) in [6.07, 6.45) is 6.08. The van der Waals surface area contributed by atoms with E-state index in [1.54, 1.807) is 6.08 Å². The molecule has 0 spiro atoms. The van der Waals surface area contributed by atoms with Crippen LogP contribution in [0.25, 0.3) is 6.08 Å². The Hall–Kier alpha value is -2.15. The van der Waals surface area contributed by atoms with Crippen LogP contribution in [-0.2, 0) is 0 Å². The number of allylic oxidation sites excluding steroid dienone is 1. The van der Waals surface area contributed by atoms with Crippen molar-refractivity contribution in [3.05, 3.63) is 77.4 Å². The molecule has 1 nitrogen and oxygen atoms in total. The molecule has 1 aliphatic carbocycles. The van der Waals surface area contributed by atoms with Crippen LogP contribution in [0.5, 0.6) is 0 Å². The lowest BCUT2D eigenvalue weighted by Gasteiger charge is -1.99. The van der Waals surface area contributed by atoms with Gasteiger partial charge in [0.05, 0.1) is 0 Å². The molecular weight excluding hydrogens is 232 g/mol. The first-order valence-electron chi connectivity index (χ1n) is 6.70. The Morgan fingerprint density at radius 2 is 1.63 bits per heavy atom. The van der Waals surface area contributed by atoms with Crippen molar-refractivity contribution in [2.45, 2.75) is 18.8 Å². The van der Waals surface area contributed by atoms with Crippen molar-refractivity contribution < 1.29 is 4.79 Å². The van der Waals surface area contributed by atoms with Gasteiger partial charge in [0.25, 0.3) is 0 Å². The van der Waals surface area contributed by atoms with Crippen molar-refractivity contribution in [1.29, 1.82) is 0 Å². The molecule has 1 heteroatoms. The number of carbonyl (C=O) groups is 1. The summed E-state index contributed by atoms with van der Waals surface area (Å²) in [6.45, 7) is 0. The summed E-state index contributed by atoms with van der Waals surface area (Å²) in [6, 6.07) is 17.9. The molecule has 1 saturated carbocycles. The lowest BCUT2D eigenvalue weighted by Crippen LogP contribution is -1.94. The Kier molecular flexibility index (Phi) is 3.28. The van der Waals surface area contributed by atoms with Gasteiger partial charge in [0, 0.05) is 5.56 Å². The van der Waals surface area contributed by atoms with Crippen molar-refractivity contribution in [2.24, 2.45) is 0 Å². The molecule has 0 aliphatic heterocycles. The van der Waals surface area contributed by atoms with E-state index < -0.39 is 0 Å². The maximum Gasteiger partial charge on any atom is 0.185 e. The van der Waals surface area contributed by atoms with Gasteiger partial charge in [-0.2, -0.15) is 0 Å². The van der Waals surface area contributed by atoms with E-state index >= 15 is 0 Å². The molecule has 19 heavy (non-hydrogen) atoms. The Morgan fingerprint density at radius 3 is 2.26 bits per heavy atom. The standard InChI is InChI=1S/C18H16O/c19-18(13-6-14-4-2-1-3-5-14)17-11-9-16(10-12-17)15-7-8-15/h1-6,9-13,15H,7-8H2/b13-6-. The average molecular weight is 248 g/mol. The molecule has 1 aliphatic rings. The fraction of sp³-hybridized carbons (Fsp3) is 0.167. The molecule has 94 valence electrons. The lowest BCUT2D eigenvalue weighted by molar-refractivity contribution is 0.104. The van der Waals surface area contributed by atoms with E-state index in [4.69, 9.17) is 0 Å². The van der Waals surface area contributed by atoms with Crippen molar-refractivity contribution in [3.63, 3.8) is 0 Å². The van der Waals surface area contributed by atoms with Gasteiger partial charge in [-0.3, -0.25) is 4.79 Å². The number of hydrogen-bond donors (Lipinski definition) is 0. The second-order valence-corrected chi connectivity index (χ2v) is 5.00. The summed E-state index contributed by atoms with van der Waals surface area (Å²) in [4.78, 5) is 12.0. The van der Waals surface area contributed by atoms with Gasteiger partial charge >= 0.3 is 0 Å². The van der Waals surface area contributed by atoms with Crippen molar-refractivity contribution >= 4 is 11.9 Å². The highest BCUT2D eigenvalue weighted by Gasteiger charge is 2.23. The molecule has 3 rings (SSSR count). The van der Waals surface area contributed by atoms with Gasteiger partial charge in [-0.1, -0.05) is 60.7 Å². The van der Waals surface area contributed by atoms with E-state index in [2.05, 4.69) is 12.1 Å². The van der Waals surface area contributed by atoms with Gasteiger partial charge in [-0.05, 0) is 36.0 Å². The summed E-state index contributed by atoms with van der Waals surface area (Å²) >= 11 is 0. The molecule has 0 saturated heterocycles. The summed E-state index contributed by atoms with van der Waals surface area (Å²) < 4.78 is 0. The molecule has 0 atom stereocenters. The summed E-state index contributed by atoms with van der Waals surface area (Å²) in [7, 11) is 0. The molecule has 0 unspecified atom stereocenters. The predicted octanol–water partition coefficient (Wildman–Crippen LogP) is 4.46. The van der Waals surface area contributed by atoms with Crippen molar-refractivity contribution in [2.75, 3.05) is 0 Å². The van der Waals surface area contributed by atoms with Gasteiger partial charge in [-0.25, -0.2) is 0 Å². The minimum Gasteiger partial charge on any atom is -0.289 e. The zero-order valence-electron chi connectivity index (χ0n) is 10.8. The third kappa shape index (κ3) is 3.00. The molecule has 1 fully saturated rings. The van der Waals surface area contributed by atoms with Crippen LogP contribution < -0.4 is 0 Å². The maximum atomic E-state index is 12.0. The molecular formula is C18H16O. The predicted molar refractivity (Wildman–Crippen MR) is 78.2 cm³/mol. The Labute approximate surface area is 113 Å². The fourth-order valence-corrected chi connectivity index (χ4v) is 2.17. The molecule has 0 radical (unpaired) electrons. The summed E-state index contributed by atoms with van der Waals surface area (Å²) in [5, 5.41) is 0. The Bertz CT molecular complexity index is 589. The topological polar surface area (TPSA) is 17.1 Å². The molecule has 2 aromatic carbocycles. The molecule has 0 N–H and O–H groups in total. The largest absolute Gasteiger partial charge is 0.289 e. The number of benzene rings is 2. The third-order valence-electron chi connectivity index (χ3n) is 3.47. The van der Waals surface area contributed by atoms with Crippen LogP contribution in [-0.4, -0.2) is 5.78 Å². The van der Waals surface area contributed by atoms with Crippen LogP contribution in [0.15, 0.2) is 60.7 Å². The normalized spacial score (nSPS) is 14.7. The maximum absolute atomic E-state index is 12.0. The van der Waals surface area contributed by atoms with Crippen LogP contribution in [0, 0.1) is 0 Å². The number of ketones is 1. The van der Waals surface area contributed by atoms with E-state index in [9.17, 15) is 4.79 Å². The van der Waals surface area contributed by atoms with Crippen molar-refractivity contribution in [3.8, 4) is 0 Å². The second-order valence-electron chi connectivity index (χ2n) is 5.00. The molecule has 0 aromatic heterocycles. The summed E-state index contributed by atoms with van der Waals surface area (Å²) in [5.74, 6) is 0.801. The number of hydrogen-bond acceptors (Lipinski definition) is 1. The minimum absolute atomic E-state index is 0.0613. The SMILES string of the molecule is O=C(/C=C\c1ccccc1)c1ccc(C2CC2)cc1. The van der Waals surface area contributed by atoms with Crippen molar-refractivity contribution in [1.82, 2.24) is 0 Å². The summed E-state index contributed by atoms with van der Waals surface area (Å²) in [5.41, 5.74) is 3.17. The van der Waals surface area contributed by atoms with Gasteiger partial charge < -0.3 is 0 Å².